The molecule has 0 aromatic heterocycles. The van der Waals surface area contributed by atoms with Gasteiger partial charge in [0, 0.05) is 25.3 Å². The molecule has 1 N–H and O–H groups in total. The quantitative estimate of drug-likeness (QED) is 0.846. The molecule has 22 heavy (non-hydrogen) atoms. The molecule has 0 aliphatic carbocycles. The van der Waals surface area contributed by atoms with E-state index in [0.29, 0.717) is 18.4 Å². The summed E-state index contributed by atoms with van der Waals surface area (Å²) in [5.74, 6) is -0.124. The summed E-state index contributed by atoms with van der Waals surface area (Å²) in [6.07, 6.45) is -2.40. The van der Waals surface area contributed by atoms with Crippen molar-refractivity contribution in [2.45, 2.75) is 44.3 Å². The van der Waals surface area contributed by atoms with Crippen LogP contribution in [0.5, 0.6) is 0 Å². The molecule has 2 rings (SSSR count). The summed E-state index contributed by atoms with van der Waals surface area (Å²) in [5.41, 5.74) is -0.374. The number of benzene rings is 1. The van der Waals surface area contributed by atoms with Gasteiger partial charge in [0.2, 0.25) is 5.91 Å². The van der Waals surface area contributed by atoms with E-state index in [4.69, 9.17) is 0 Å². The van der Waals surface area contributed by atoms with Gasteiger partial charge in [0.05, 0.1) is 5.56 Å². The van der Waals surface area contributed by atoms with Crippen LogP contribution in [0.1, 0.15) is 39.7 Å². The summed E-state index contributed by atoms with van der Waals surface area (Å²) in [5, 5.41) is 2.76. The third kappa shape index (κ3) is 5.60. The second-order valence-corrected chi connectivity index (χ2v) is 5.26. The molecular weight excluding hydrogens is 307 g/mol. The largest absolute Gasteiger partial charge is 2.00 e. The van der Waals surface area contributed by atoms with Crippen LogP contribution in [0.3, 0.4) is 0 Å². The SMILES string of the molecule is O=C(CCC1CCC(=O)N1)Cc1cccc(C(F)(F)F)c1.[H-].[H-].[Mg+2]. The molecule has 1 unspecified atom stereocenters. The fraction of sp³-hybridized carbons (Fsp3) is 0.467. The Morgan fingerprint density at radius 3 is 2.68 bits per heavy atom. The fourth-order valence-corrected chi connectivity index (χ4v) is 2.40. The fourth-order valence-electron chi connectivity index (χ4n) is 2.40. The monoisotopic (exact) mass is 325 g/mol. The molecule has 1 amide bonds. The predicted octanol–water partition coefficient (Wildman–Crippen LogP) is 2.72. The first kappa shape index (κ1) is 19.0. The van der Waals surface area contributed by atoms with Gasteiger partial charge in [-0.15, -0.1) is 0 Å². The molecule has 1 heterocycles. The van der Waals surface area contributed by atoms with Crippen LogP contribution in [-0.4, -0.2) is 40.8 Å². The molecule has 1 aromatic rings. The van der Waals surface area contributed by atoms with Crippen molar-refractivity contribution in [3.8, 4) is 0 Å². The molecule has 1 aliphatic rings. The maximum absolute atomic E-state index is 12.6. The molecule has 1 atom stereocenters. The zero-order valence-corrected chi connectivity index (χ0v) is 13.5. The van der Waals surface area contributed by atoms with Crippen molar-refractivity contribution in [2.75, 3.05) is 0 Å². The van der Waals surface area contributed by atoms with Crippen LogP contribution in [0.4, 0.5) is 13.2 Å². The van der Waals surface area contributed by atoms with Crippen LogP contribution in [0.2, 0.25) is 0 Å². The van der Waals surface area contributed by atoms with E-state index in [9.17, 15) is 22.8 Å². The molecule has 0 radical (unpaired) electrons. The Kier molecular flexibility index (Phi) is 6.86. The van der Waals surface area contributed by atoms with Crippen LogP contribution in [0.25, 0.3) is 0 Å². The molecule has 0 spiro atoms. The number of amides is 1. The second-order valence-electron chi connectivity index (χ2n) is 5.26. The minimum atomic E-state index is -4.40. The average molecular weight is 326 g/mol. The first-order valence-electron chi connectivity index (χ1n) is 6.82. The standard InChI is InChI=1S/C15H16F3NO2.Mg.2H/c16-15(17,18)11-3-1-2-10(8-11)9-13(20)6-4-12-5-7-14(21)19-12;;;/h1-3,8,12H,4-7,9H2,(H,19,21);;;/q;+2;2*-1. The van der Waals surface area contributed by atoms with Gasteiger partial charge in [0.1, 0.15) is 5.78 Å². The van der Waals surface area contributed by atoms with Gasteiger partial charge in [0.15, 0.2) is 0 Å². The third-order valence-electron chi connectivity index (χ3n) is 3.51. The van der Waals surface area contributed by atoms with Gasteiger partial charge in [-0.1, -0.05) is 18.2 Å². The van der Waals surface area contributed by atoms with Crippen molar-refractivity contribution in [3.63, 3.8) is 0 Å². The normalized spacial score (nSPS) is 17.8. The topological polar surface area (TPSA) is 46.2 Å². The van der Waals surface area contributed by atoms with Crippen LogP contribution in [-0.2, 0) is 22.2 Å². The Labute approximate surface area is 145 Å². The predicted molar refractivity (Wildman–Crippen MR) is 78.5 cm³/mol. The third-order valence-corrected chi connectivity index (χ3v) is 3.51. The molecule has 1 fully saturated rings. The van der Waals surface area contributed by atoms with E-state index in [1.807, 2.05) is 0 Å². The van der Waals surface area contributed by atoms with Gasteiger partial charge in [-0.25, -0.2) is 0 Å². The summed E-state index contributed by atoms with van der Waals surface area (Å²) in [6.45, 7) is 0. The Balaban J connectivity index is 0. The zero-order valence-electron chi connectivity index (χ0n) is 14.1. The molecule has 1 aliphatic heterocycles. The number of carbonyl (C=O) groups is 2. The van der Waals surface area contributed by atoms with Crippen molar-refractivity contribution in [1.29, 1.82) is 0 Å². The summed E-state index contributed by atoms with van der Waals surface area (Å²) in [4.78, 5) is 22.8. The maximum Gasteiger partial charge on any atom is 2.00 e. The Morgan fingerprint density at radius 1 is 1.36 bits per heavy atom. The average Bonchev–Trinajstić information content (AvgIpc) is 2.82. The van der Waals surface area contributed by atoms with E-state index in [-0.39, 0.29) is 56.5 Å². The molecule has 1 saturated heterocycles. The number of rotatable bonds is 5. The van der Waals surface area contributed by atoms with Gasteiger partial charge < -0.3 is 8.17 Å². The van der Waals surface area contributed by atoms with Gasteiger partial charge in [-0.2, -0.15) is 13.2 Å². The Hall–Kier alpha value is -1.08. The van der Waals surface area contributed by atoms with Crippen molar-refractivity contribution in [1.82, 2.24) is 5.32 Å². The van der Waals surface area contributed by atoms with E-state index in [0.717, 1.165) is 18.6 Å². The number of hydrogen-bond acceptors (Lipinski definition) is 2. The Morgan fingerprint density at radius 2 is 2.09 bits per heavy atom. The van der Waals surface area contributed by atoms with Crippen LogP contribution in [0.15, 0.2) is 24.3 Å². The van der Waals surface area contributed by atoms with Crippen LogP contribution >= 0.6 is 0 Å². The molecule has 0 bridgehead atoms. The van der Waals surface area contributed by atoms with Gasteiger partial charge in [-0.05, 0) is 24.5 Å². The summed E-state index contributed by atoms with van der Waals surface area (Å²) in [6, 6.07) is 4.84. The van der Waals surface area contributed by atoms with Crippen molar-refractivity contribution in [3.05, 3.63) is 35.4 Å². The van der Waals surface area contributed by atoms with E-state index >= 15 is 0 Å². The van der Waals surface area contributed by atoms with Crippen LogP contribution in [0, 0.1) is 0 Å². The summed E-state index contributed by atoms with van der Waals surface area (Å²) >= 11 is 0. The molecule has 0 saturated carbocycles. The summed E-state index contributed by atoms with van der Waals surface area (Å²) in [7, 11) is 0. The van der Waals surface area contributed by atoms with E-state index < -0.39 is 11.7 Å². The number of carbonyl (C=O) groups excluding carboxylic acids is 2. The van der Waals surface area contributed by atoms with E-state index in [2.05, 4.69) is 5.32 Å². The molecular formula is C15H18F3MgNO2. The van der Waals surface area contributed by atoms with Gasteiger partial charge in [0.25, 0.3) is 0 Å². The van der Waals surface area contributed by atoms with Crippen molar-refractivity contribution >= 4 is 34.7 Å². The zero-order chi connectivity index (χ0) is 15.5. The van der Waals surface area contributed by atoms with Gasteiger partial charge >= 0.3 is 29.2 Å². The minimum Gasteiger partial charge on any atom is -1.00 e. The number of nitrogens with one attached hydrogen (secondary N) is 1. The molecule has 1 aromatic carbocycles. The van der Waals surface area contributed by atoms with Gasteiger partial charge in [-0.3, -0.25) is 9.59 Å². The summed E-state index contributed by atoms with van der Waals surface area (Å²) < 4.78 is 37.7. The van der Waals surface area contributed by atoms with E-state index in [1.165, 1.54) is 12.1 Å². The van der Waals surface area contributed by atoms with E-state index in [1.54, 1.807) is 0 Å². The first-order valence-corrected chi connectivity index (χ1v) is 6.82. The smallest absolute Gasteiger partial charge is 1.00 e. The first-order chi connectivity index (χ1) is 9.84. The molecule has 7 heteroatoms. The number of alkyl halides is 3. The maximum atomic E-state index is 12.6. The van der Waals surface area contributed by atoms with Crippen molar-refractivity contribution < 1.29 is 25.6 Å². The molecule has 3 nitrogen and oxygen atoms in total. The number of Topliss-reactive ketones (excluding diaryl/α,β-unsaturated/α-hetero) is 1. The molecule has 118 valence electrons. The number of hydrogen-bond donors (Lipinski definition) is 1. The van der Waals surface area contributed by atoms with Crippen LogP contribution < -0.4 is 5.32 Å². The second kappa shape index (κ2) is 7.96. The van der Waals surface area contributed by atoms with Crippen molar-refractivity contribution in [2.24, 2.45) is 0 Å². The Bertz CT molecular complexity index is 556. The minimum absolute atomic E-state index is 0. The number of ketones is 1. The number of halogens is 3.